The van der Waals surface area contributed by atoms with E-state index in [9.17, 15) is 4.79 Å². The van der Waals surface area contributed by atoms with E-state index in [-0.39, 0.29) is 12.1 Å². The predicted octanol–water partition coefficient (Wildman–Crippen LogP) is 2.38. The van der Waals surface area contributed by atoms with E-state index in [0.29, 0.717) is 17.9 Å². The Morgan fingerprint density at radius 2 is 1.88 bits per heavy atom. The van der Waals surface area contributed by atoms with Crippen molar-refractivity contribution in [1.29, 1.82) is 0 Å². The third-order valence-corrected chi connectivity index (χ3v) is 2.14. The van der Waals surface area contributed by atoms with Gasteiger partial charge in [-0.2, -0.15) is 0 Å². The van der Waals surface area contributed by atoms with Crippen LogP contribution in [0.5, 0.6) is 5.75 Å². The Kier molecular flexibility index (Phi) is 4.82. The SMILES string of the molecule is CCC(Oc1ccc(N)cc1)C(=O)OC(C)C. The fraction of sp³-hybridized carbons (Fsp3) is 0.462. The highest BCUT2D eigenvalue weighted by molar-refractivity contribution is 5.75. The summed E-state index contributed by atoms with van der Waals surface area (Å²) in [7, 11) is 0. The van der Waals surface area contributed by atoms with E-state index >= 15 is 0 Å². The molecule has 4 heteroatoms. The molecular formula is C13H19NO3. The first kappa shape index (κ1) is 13.4. The molecule has 0 radical (unpaired) electrons. The molecule has 0 amide bonds. The number of esters is 1. The first-order valence-corrected chi connectivity index (χ1v) is 5.75. The summed E-state index contributed by atoms with van der Waals surface area (Å²) >= 11 is 0. The maximum Gasteiger partial charge on any atom is 0.347 e. The molecule has 1 aromatic carbocycles. The lowest BCUT2D eigenvalue weighted by Crippen LogP contribution is -2.30. The molecule has 17 heavy (non-hydrogen) atoms. The first-order valence-electron chi connectivity index (χ1n) is 5.75. The highest BCUT2D eigenvalue weighted by atomic mass is 16.6. The molecule has 1 rings (SSSR count). The second kappa shape index (κ2) is 6.13. The van der Waals surface area contributed by atoms with E-state index in [1.54, 1.807) is 24.3 Å². The van der Waals surface area contributed by atoms with E-state index in [0.717, 1.165) is 0 Å². The van der Waals surface area contributed by atoms with E-state index in [1.165, 1.54) is 0 Å². The minimum Gasteiger partial charge on any atom is -0.479 e. The molecule has 0 saturated carbocycles. The van der Waals surface area contributed by atoms with Gasteiger partial charge in [0.05, 0.1) is 6.10 Å². The summed E-state index contributed by atoms with van der Waals surface area (Å²) in [6, 6.07) is 6.94. The summed E-state index contributed by atoms with van der Waals surface area (Å²) in [5, 5.41) is 0. The number of nitrogens with two attached hydrogens (primary N) is 1. The molecule has 0 aromatic heterocycles. The highest BCUT2D eigenvalue weighted by Crippen LogP contribution is 2.16. The van der Waals surface area contributed by atoms with Crippen molar-refractivity contribution in [3.05, 3.63) is 24.3 Å². The molecule has 94 valence electrons. The zero-order valence-electron chi connectivity index (χ0n) is 10.5. The average Bonchev–Trinajstić information content (AvgIpc) is 2.27. The van der Waals surface area contributed by atoms with Gasteiger partial charge in [-0.1, -0.05) is 6.92 Å². The summed E-state index contributed by atoms with van der Waals surface area (Å²) in [5.41, 5.74) is 6.23. The number of hydrogen-bond acceptors (Lipinski definition) is 4. The van der Waals surface area contributed by atoms with Gasteiger partial charge in [-0.15, -0.1) is 0 Å². The molecule has 4 nitrogen and oxygen atoms in total. The number of anilines is 1. The third-order valence-electron chi connectivity index (χ3n) is 2.14. The van der Waals surface area contributed by atoms with Crippen LogP contribution >= 0.6 is 0 Å². The molecule has 0 spiro atoms. The van der Waals surface area contributed by atoms with Crippen LogP contribution in [0.25, 0.3) is 0 Å². The van der Waals surface area contributed by atoms with Gasteiger partial charge in [-0.05, 0) is 44.5 Å². The number of carbonyl (C=O) groups is 1. The zero-order valence-corrected chi connectivity index (χ0v) is 10.5. The lowest BCUT2D eigenvalue weighted by atomic mass is 10.2. The van der Waals surface area contributed by atoms with Crippen LogP contribution in [0.1, 0.15) is 27.2 Å². The van der Waals surface area contributed by atoms with Gasteiger partial charge < -0.3 is 15.2 Å². The minimum atomic E-state index is -0.568. The summed E-state index contributed by atoms with van der Waals surface area (Å²) in [6.07, 6.45) is -0.136. The van der Waals surface area contributed by atoms with Crippen LogP contribution in [-0.4, -0.2) is 18.2 Å². The van der Waals surface area contributed by atoms with Gasteiger partial charge in [0.1, 0.15) is 5.75 Å². The van der Waals surface area contributed by atoms with Crippen molar-refractivity contribution in [2.45, 2.75) is 39.4 Å². The Morgan fingerprint density at radius 3 is 2.35 bits per heavy atom. The maximum atomic E-state index is 11.7. The van der Waals surface area contributed by atoms with Gasteiger partial charge in [-0.3, -0.25) is 0 Å². The molecule has 0 bridgehead atoms. The van der Waals surface area contributed by atoms with Crippen LogP contribution in [-0.2, 0) is 9.53 Å². The quantitative estimate of drug-likeness (QED) is 0.631. The van der Waals surface area contributed by atoms with Crippen molar-refractivity contribution >= 4 is 11.7 Å². The second-order valence-corrected chi connectivity index (χ2v) is 4.07. The van der Waals surface area contributed by atoms with Crippen molar-refractivity contribution in [3.63, 3.8) is 0 Å². The first-order chi connectivity index (χ1) is 8.02. The molecular weight excluding hydrogens is 218 g/mol. The van der Waals surface area contributed by atoms with Crippen molar-refractivity contribution in [1.82, 2.24) is 0 Å². The fourth-order valence-electron chi connectivity index (χ4n) is 1.32. The summed E-state index contributed by atoms with van der Waals surface area (Å²) < 4.78 is 10.7. The van der Waals surface area contributed by atoms with E-state index in [4.69, 9.17) is 15.2 Å². The zero-order chi connectivity index (χ0) is 12.8. The Bertz CT molecular complexity index is 359. The topological polar surface area (TPSA) is 61.5 Å². The molecule has 0 fully saturated rings. The molecule has 1 atom stereocenters. The Hall–Kier alpha value is -1.71. The second-order valence-electron chi connectivity index (χ2n) is 4.07. The fourth-order valence-corrected chi connectivity index (χ4v) is 1.32. The van der Waals surface area contributed by atoms with E-state index in [2.05, 4.69) is 0 Å². The highest BCUT2D eigenvalue weighted by Gasteiger charge is 2.20. The van der Waals surface area contributed by atoms with Crippen molar-refractivity contribution < 1.29 is 14.3 Å². The lowest BCUT2D eigenvalue weighted by Gasteiger charge is -2.18. The smallest absolute Gasteiger partial charge is 0.347 e. The number of rotatable bonds is 5. The molecule has 2 N–H and O–H groups in total. The summed E-state index contributed by atoms with van der Waals surface area (Å²) in [5.74, 6) is 0.283. The van der Waals surface area contributed by atoms with Crippen LogP contribution in [0.4, 0.5) is 5.69 Å². The molecule has 0 heterocycles. The molecule has 0 saturated heterocycles. The summed E-state index contributed by atoms with van der Waals surface area (Å²) in [4.78, 5) is 11.7. The molecule has 0 aliphatic heterocycles. The average molecular weight is 237 g/mol. The van der Waals surface area contributed by atoms with Gasteiger partial charge in [-0.25, -0.2) is 4.79 Å². The monoisotopic (exact) mass is 237 g/mol. The molecule has 0 aliphatic carbocycles. The van der Waals surface area contributed by atoms with Gasteiger partial charge >= 0.3 is 5.97 Å². The minimum absolute atomic E-state index is 0.133. The number of hydrogen-bond donors (Lipinski definition) is 1. The number of ether oxygens (including phenoxy) is 2. The maximum absolute atomic E-state index is 11.7. The number of benzene rings is 1. The molecule has 1 unspecified atom stereocenters. The Morgan fingerprint density at radius 1 is 1.29 bits per heavy atom. The standard InChI is InChI=1S/C13H19NO3/c1-4-12(13(15)16-9(2)3)17-11-7-5-10(14)6-8-11/h5-9,12H,4,14H2,1-3H3. The Balaban J connectivity index is 2.63. The van der Waals surface area contributed by atoms with Gasteiger partial charge in [0, 0.05) is 5.69 Å². The van der Waals surface area contributed by atoms with Crippen LogP contribution < -0.4 is 10.5 Å². The predicted molar refractivity (Wildman–Crippen MR) is 66.8 cm³/mol. The van der Waals surface area contributed by atoms with E-state index < -0.39 is 6.10 Å². The van der Waals surface area contributed by atoms with Crippen molar-refractivity contribution in [2.24, 2.45) is 0 Å². The normalized spacial score (nSPS) is 12.2. The van der Waals surface area contributed by atoms with Crippen LogP contribution in [0, 0.1) is 0 Å². The third kappa shape index (κ3) is 4.34. The van der Waals surface area contributed by atoms with E-state index in [1.807, 2.05) is 20.8 Å². The largest absolute Gasteiger partial charge is 0.479 e. The molecule has 0 aliphatic rings. The van der Waals surface area contributed by atoms with Gasteiger partial charge in [0.15, 0.2) is 6.10 Å². The van der Waals surface area contributed by atoms with Gasteiger partial charge in [0.25, 0.3) is 0 Å². The Labute approximate surface area is 102 Å². The lowest BCUT2D eigenvalue weighted by molar-refractivity contribution is -0.155. The van der Waals surface area contributed by atoms with Gasteiger partial charge in [0.2, 0.25) is 0 Å². The molecule has 1 aromatic rings. The number of nitrogen functional groups attached to an aromatic ring is 1. The van der Waals surface area contributed by atoms with Crippen LogP contribution in [0.15, 0.2) is 24.3 Å². The van der Waals surface area contributed by atoms with Crippen LogP contribution in [0.2, 0.25) is 0 Å². The van der Waals surface area contributed by atoms with Crippen molar-refractivity contribution in [2.75, 3.05) is 5.73 Å². The number of carbonyl (C=O) groups excluding carboxylic acids is 1. The van der Waals surface area contributed by atoms with Crippen molar-refractivity contribution in [3.8, 4) is 5.75 Å². The summed E-state index contributed by atoms with van der Waals surface area (Å²) in [6.45, 7) is 5.51. The van der Waals surface area contributed by atoms with Crippen LogP contribution in [0.3, 0.4) is 0 Å².